The van der Waals surface area contributed by atoms with Crippen molar-refractivity contribution in [3.05, 3.63) is 0 Å². The lowest BCUT2D eigenvalue weighted by molar-refractivity contribution is -0.274. The van der Waals surface area contributed by atoms with Crippen LogP contribution in [0.4, 0.5) is 0 Å². The minimum atomic E-state index is -0.401. The van der Waals surface area contributed by atoms with Crippen molar-refractivity contribution in [2.24, 2.45) is 0 Å². The second kappa shape index (κ2) is 34.0. The summed E-state index contributed by atoms with van der Waals surface area (Å²) in [5, 5.41) is 17.5. The largest absolute Gasteiger partial charge is 0.396 e. The van der Waals surface area contributed by atoms with E-state index in [2.05, 4.69) is 0 Å². The lowest BCUT2D eigenvalue weighted by atomic mass is 10.1. The zero-order valence-corrected chi connectivity index (χ0v) is 25.6. The van der Waals surface area contributed by atoms with Gasteiger partial charge < -0.3 is 10.2 Å². The van der Waals surface area contributed by atoms with Crippen molar-refractivity contribution >= 4 is 11.9 Å². The molecule has 238 valence electrons. The lowest BCUT2D eigenvalue weighted by Crippen LogP contribution is -2.08. The first-order valence-corrected chi connectivity index (χ1v) is 16.6. The number of carbonyl (C=O) groups excluding carboxylic acids is 2. The van der Waals surface area contributed by atoms with E-state index in [4.69, 9.17) is 29.8 Å². The Labute approximate surface area is 244 Å². The highest BCUT2D eigenvalue weighted by atomic mass is 17.2. The fourth-order valence-electron chi connectivity index (χ4n) is 4.56. The SMILES string of the molecule is O=C(CCCCC(=O)OOCCCCCCCCCCCCCO)OOCCCCCCCCCCCCCO. The van der Waals surface area contributed by atoms with E-state index < -0.39 is 11.9 Å². The Balaban J connectivity index is 3.26. The molecule has 0 aliphatic heterocycles. The molecule has 40 heavy (non-hydrogen) atoms. The van der Waals surface area contributed by atoms with Gasteiger partial charge >= 0.3 is 11.9 Å². The van der Waals surface area contributed by atoms with Crippen molar-refractivity contribution in [2.75, 3.05) is 26.4 Å². The fourth-order valence-corrected chi connectivity index (χ4v) is 4.56. The molecule has 8 nitrogen and oxygen atoms in total. The summed E-state index contributed by atoms with van der Waals surface area (Å²) >= 11 is 0. The van der Waals surface area contributed by atoms with Crippen LogP contribution in [0.5, 0.6) is 0 Å². The van der Waals surface area contributed by atoms with Gasteiger partial charge in [-0.1, -0.05) is 116 Å². The number of carbonyl (C=O) groups is 2. The fraction of sp³-hybridized carbons (Fsp3) is 0.938. The molecule has 0 atom stereocenters. The summed E-state index contributed by atoms with van der Waals surface area (Å²) in [4.78, 5) is 43.1. The van der Waals surface area contributed by atoms with Crippen molar-refractivity contribution in [1.29, 1.82) is 0 Å². The van der Waals surface area contributed by atoms with Gasteiger partial charge in [-0.3, -0.25) is 9.78 Å². The number of aliphatic hydroxyl groups is 2. The van der Waals surface area contributed by atoms with Crippen LogP contribution in [-0.4, -0.2) is 48.6 Å². The molecule has 8 heteroatoms. The summed E-state index contributed by atoms with van der Waals surface area (Å²) in [6, 6.07) is 0. The van der Waals surface area contributed by atoms with Crippen LogP contribution in [0, 0.1) is 0 Å². The van der Waals surface area contributed by atoms with Crippen LogP contribution >= 0.6 is 0 Å². The van der Waals surface area contributed by atoms with Gasteiger partial charge in [0, 0.05) is 26.1 Å². The summed E-state index contributed by atoms with van der Waals surface area (Å²) in [6.45, 7) is 1.47. The molecule has 0 heterocycles. The molecule has 0 aromatic heterocycles. The van der Waals surface area contributed by atoms with Crippen LogP contribution in [0.15, 0.2) is 0 Å². The maximum atomic E-state index is 11.7. The van der Waals surface area contributed by atoms with Crippen molar-refractivity contribution in [1.82, 2.24) is 0 Å². The maximum absolute atomic E-state index is 11.7. The maximum Gasteiger partial charge on any atom is 0.342 e. The molecule has 0 rings (SSSR count). The third kappa shape index (κ3) is 33.0. The van der Waals surface area contributed by atoms with Gasteiger partial charge in [-0.2, -0.15) is 9.78 Å². The van der Waals surface area contributed by atoms with E-state index >= 15 is 0 Å². The monoisotopic (exact) mass is 574 g/mol. The third-order valence-corrected chi connectivity index (χ3v) is 7.09. The first kappa shape index (κ1) is 38.8. The molecule has 0 aliphatic carbocycles. The second-order valence-corrected chi connectivity index (χ2v) is 11.0. The highest BCUT2D eigenvalue weighted by Gasteiger charge is 2.08. The summed E-state index contributed by atoms with van der Waals surface area (Å²) in [5.74, 6) is -0.802. The quantitative estimate of drug-likeness (QED) is 0.0460. The van der Waals surface area contributed by atoms with Crippen molar-refractivity contribution in [2.45, 2.75) is 167 Å². The van der Waals surface area contributed by atoms with Gasteiger partial charge in [0.2, 0.25) is 0 Å². The summed E-state index contributed by atoms with van der Waals surface area (Å²) in [7, 11) is 0. The van der Waals surface area contributed by atoms with Crippen LogP contribution in [0.3, 0.4) is 0 Å². The predicted molar refractivity (Wildman–Crippen MR) is 158 cm³/mol. The Bertz CT molecular complexity index is 483. The summed E-state index contributed by atoms with van der Waals surface area (Å²) in [6.07, 6.45) is 27.1. The van der Waals surface area contributed by atoms with Crippen LogP contribution in [-0.2, 0) is 29.1 Å². The van der Waals surface area contributed by atoms with E-state index in [1.807, 2.05) is 0 Å². The van der Waals surface area contributed by atoms with Crippen LogP contribution in [0.1, 0.15) is 167 Å². The lowest BCUT2D eigenvalue weighted by Gasteiger charge is -2.05. The van der Waals surface area contributed by atoms with E-state index in [1.54, 1.807) is 0 Å². The highest BCUT2D eigenvalue weighted by molar-refractivity contribution is 5.69. The molecule has 0 aliphatic rings. The second-order valence-electron chi connectivity index (χ2n) is 11.0. The number of hydrogen-bond acceptors (Lipinski definition) is 8. The molecule has 0 fully saturated rings. The highest BCUT2D eigenvalue weighted by Crippen LogP contribution is 2.13. The minimum Gasteiger partial charge on any atom is -0.396 e. The molecule has 0 amide bonds. The number of hydrogen-bond donors (Lipinski definition) is 2. The van der Waals surface area contributed by atoms with E-state index in [-0.39, 0.29) is 12.8 Å². The van der Waals surface area contributed by atoms with Gasteiger partial charge in [0.25, 0.3) is 0 Å². The van der Waals surface area contributed by atoms with E-state index in [1.165, 1.54) is 89.9 Å². The van der Waals surface area contributed by atoms with Crippen molar-refractivity contribution in [3.8, 4) is 0 Å². The van der Waals surface area contributed by atoms with Crippen molar-refractivity contribution < 1.29 is 39.4 Å². The Hall–Kier alpha value is -1.22. The predicted octanol–water partition coefficient (Wildman–Crippen LogP) is 8.06. The number of rotatable bonds is 33. The normalized spacial score (nSPS) is 11.2. The molecule has 0 aromatic carbocycles. The van der Waals surface area contributed by atoms with E-state index in [0.717, 1.165) is 51.4 Å². The molecule has 0 bridgehead atoms. The summed E-state index contributed by atoms with van der Waals surface area (Å²) < 4.78 is 0. The average molecular weight is 575 g/mol. The molecule has 0 saturated heterocycles. The Morgan fingerprint density at radius 3 is 0.875 bits per heavy atom. The number of aliphatic hydroxyl groups excluding tert-OH is 2. The Kier molecular flexibility index (Phi) is 32.9. The first-order chi connectivity index (χ1) is 19.7. The Morgan fingerprint density at radius 2 is 0.600 bits per heavy atom. The molecular formula is C32H62O8. The van der Waals surface area contributed by atoms with Crippen LogP contribution < -0.4 is 0 Å². The van der Waals surface area contributed by atoms with E-state index in [0.29, 0.717) is 39.3 Å². The average Bonchev–Trinajstić information content (AvgIpc) is 2.95. The van der Waals surface area contributed by atoms with Gasteiger partial charge in [-0.15, -0.1) is 0 Å². The van der Waals surface area contributed by atoms with Gasteiger partial charge in [0.05, 0.1) is 13.2 Å². The zero-order chi connectivity index (χ0) is 29.2. The van der Waals surface area contributed by atoms with E-state index in [9.17, 15) is 9.59 Å². The smallest absolute Gasteiger partial charge is 0.342 e. The topological polar surface area (TPSA) is 112 Å². The molecule has 0 spiro atoms. The molecule has 0 radical (unpaired) electrons. The number of unbranched alkanes of at least 4 members (excludes halogenated alkanes) is 21. The molecule has 0 saturated carbocycles. The first-order valence-electron chi connectivity index (χ1n) is 16.6. The standard InChI is InChI=1S/C32H62O8/c33-27-21-15-11-7-3-1-5-9-13-17-23-29-37-39-31(35)25-19-20-26-32(36)40-38-30-24-18-14-10-6-2-4-8-12-16-22-28-34/h33-34H,1-30H2. The van der Waals surface area contributed by atoms with Gasteiger partial charge in [0.15, 0.2) is 0 Å². The van der Waals surface area contributed by atoms with Crippen LogP contribution in [0.2, 0.25) is 0 Å². The molecule has 2 N–H and O–H groups in total. The van der Waals surface area contributed by atoms with Gasteiger partial charge in [-0.05, 0) is 38.5 Å². The third-order valence-electron chi connectivity index (χ3n) is 7.09. The Morgan fingerprint density at radius 1 is 0.350 bits per heavy atom. The van der Waals surface area contributed by atoms with Gasteiger partial charge in [-0.25, -0.2) is 9.59 Å². The molecule has 0 aromatic rings. The van der Waals surface area contributed by atoms with Gasteiger partial charge in [0.1, 0.15) is 0 Å². The van der Waals surface area contributed by atoms with Crippen LogP contribution in [0.25, 0.3) is 0 Å². The summed E-state index contributed by atoms with van der Waals surface area (Å²) in [5.41, 5.74) is 0. The minimum absolute atomic E-state index is 0.220. The molecule has 0 unspecified atom stereocenters. The van der Waals surface area contributed by atoms with Crippen molar-refractivity contribution in [3.63, 3.8) is 0 Å². The molecular weight excluding hydrogens is 512 g/mol. The zero-order valence-electron chi connectivity index (χ0n) is 25.6.